The highest BCUT2D eigenvalue weighted by molar-refractivity contribution is 5.71. The Balaban J connectivity index is 4.27. The van der Waals surface area contributed by atoms with Gasteiger partial charge in [-0.2, -0.15) is 0 Å². The maximum Gasteiger partial charge on any atom is 0.306 e. The van der Waals surface area contributed by atoms with Crippen LogP contribution in [0.4, 0.5) is 0 Å². The Kier molecular flexibility index (Phi) is 62.1. The van der Waals surface area contributed by atoms with Gasteiger partial charge in [0.05, 0.1) is 0 Å². The topological polar surface area (TPSA) is 78.9 Å². The first kappa shape index (κ1) is 72.6. The first-order valence-electron chi connectivity index (χ1n) is 33.5. The van der Waals surface area contributed by atoms with Crippen molar-refractivity contribution in [2.24, 2.45) is 0 Å². The summed E-state index contributed by atoms with van der Waals surface area (Å²) in [4.78, 5) is 38.4. The Labute approximate surface area is 467 Å². The van der Waals surface area contributed by atoms with Gasteiger partial charge in [-0.3, -0.25) is 14.4 Å². The summed E-state index contributed by atoms with van der Waals surface area (Å²) < 4.78 is 17.0. The molecule has 1 atom stereocenters. The molecule has 6 nitrogen and oxygen atoms in total. The summed E-state index contributed by atoms with van der Waals surface area (Å²) >= 11 is 0. The number of carbonyl (C=O) groups excluding carboxylic acids is 3. The van der Waals surface area contributed by atoms with Crippen molar-refractivity contribution in [1.29, 1.82) is 0 Å². The molecule has 0 radical (unpaired) electrons. The maximum absolute atomic E-state index is 12.9. The van der Waals surface area contributed by atoms with E-state index in [4.69, 9.17) is 14.2 Å². The van der Waals surface area contributed by atoms with Gasteiger partial charge in [0.15, 0.2) is 6.10 Å². The number of hydrogen-bond donors (Lipinski definition) is 0. The molecule has 0 aromatic carbocycles. The highest BCUT2D eigenvalue weighted by Gasteiger charge is 2.19. The van der Waals surface area contributed by atoms with Crippen molar-refractivity contribution in [2.45, 2.75) is 374 Å². The minimum absolute atomic E-state index is 0.0706. The number of esters is 3. The summed E-state index contributed by atoms with van der Waals surface area (Å²) in [6, 6.07) is 0. The first-order chi connectivity index (χ1) is 37.0. The molecule has 0 bridgehead atoms. The molecule has 75 heavy (non-hydrogen) atoms. The van der Waals surface area contributed by atoms with Crippen molar-refractivity contribution in [3.63, 3.8) is 0 Å². The summed E-state index contributed by atoms with van der Waals surface area (Å²) in [5, 5.41) is 0. The zero-order chi connectivity index (χ0) is 54.3. The lowest BCUT2D eigenvalue weighted by atomic mass is 10.0. The zero-order valence-electron chi connectivity index (χ0n) is 50.6. The Morgan fingerprint density at radius 3 is 0.747 bits per heavy atom. The van der Waals surface area contributed by atoms with Gasteiger partial charge >= 0.3 is 17.9 Å². The third kappa shape index (κ3) is 62.4. The third-order valence-electron chi connectivity index (χ3n) is 15.1. The van der Waals surface area contributed by atoms with E-state index in [1.54, 1.807) is 0 Å². The monoisotopic (exact) mass is 1050 g/mol. The summed E-state index contributed by atoms with van der Waals surface area (Å²) in [7, 11) is 0. The fraction of sp³-hybridized carbons (Fsp3) is 0.870. The van der Waals surface area contributed by atoms with E-state index >= 15 is 0 Å². The van der Waals surface area contributed by atoms with Crippen LogP contribution >= 0.6 is 0 Å². The van der Waals surface area contributed by atoms with Gasteiger partial charge in [-0.15, -0.1) is 0 Å². The van der Waals surface area contributed by atoms with Crippen LogP contribution < -0.4 is 0 Å². The van der Waals surface area contributed by atoms with E-state index in [1.807, 2.05) is 0 Å². The zero-order valence-corrected chi connectivity index (χ0v) is 50.6. The molecular formula is C69H128O6. The van der Waals surface area contributed by atoms with E-state index in [2.05, 4.69) is 57.2 Å². The van der Waals surface area contributed by atoms with Crippen molar-refractivity contribution < 1.29 is 28.6 Å². The Morgan fingerprint density at radius 2 is 0.480 bits per heavy atom. The number of carbonyl (C=O) groups is 3. The molecule has 0 N–H and O–H groups in total. The van der Waals surface area contributed by atoms with E-state index < -0.39 is 6.10 Å². The van der Waals surface area contributed by atoms with Crippen LogP contribution in [0.2, 0.25) is 0 Å². The normalized spacial score (nSPS) is 12.2. The highest BCUT2D eigenvalue weighted by Crippen LogP contribution is 2.18. The summed E-state index contributed by atoms with van der Waals surface area (Å²) in [6.07, 6.45) is 78.7. The standard InChI is InChI=1S/C69H128O6/c1-4-7-10-13-16-19-22-25-28-31-32-33-34-35-36-37-38-39-42-44-47-50-53-56-59-62-68(71)74-65-66(75-69(72)63-60-57-54-51-48-45-41-30-27-24-21-18-15-12-9-6-3)64-73-67(70)61-58-55-52-49-46-43-40-29-26-23-20-17-14-11-8-5-2/h22,25,30-32,41,66H,4-21,23-24,26-29,33-40,42-65H2,1-3H3/b25-22-,32-31-,41-30-. The molecule has 1 unspecified atom stereocenters. The van der Waals surface area contributed by atoms with E-state index in [9.17, 15) is 14.4 Å². The fourth-order valence-corrected chi connectivity index (χ4v) is 10.1. The molecule has 0 heterocycles. The largest absolute Gasteiger partial charge is 0.462 e. The quantitative estimate of drug-likeness (QED) is 0.0261. The lowest BCUT2D eigenvalue weighted by Crippen LogP contribution is -2.30. The Bertz CT molecular complexity index is 1250. The number of ether oxygens (including phenoxy) is 3. The number of allylic oxidation sites excluding steroid dienone is 6. The lowest BCUT2D eigenvalue weighted by Gasteiger charge is -2.18. The Hall–Kier alpha value is -2.37. The van der Waals surface area contributed by atoms with Crippen molar-refractivity contribution in [2.75, 3.05) is 13.2 Å². The van der Waals surface area contributed by atoms with Gasteiger partial charge in [-0.25, -0.2) is 0 Å². The maximum atomic E-state index is 12.9. The summed E-state index contributed by atoms with van der Waals surface area (Å²) in [5.74, 6) is -0.854. The fourth-order valence-electron chi connectivity index (χ4n) is 10.1. The number of unbranched alkanes of at least 4 members (excludes halogenated alkanes) is 45. The second-order valence-electron chi connectivity index (χ2n) is 22.7. The third-order valence-corrected chi connectivity index (χ3v) is 15.1. The van der Waals surface area contributed by atoms with Gasteiger partial charge in [-0.1, -0.05) is 308 Å². The molecule has 0 saturated carbocycles. The van der Waals surface area contributed by atoms with Gasteiger partial charge in [0.1, 0.15) is 13.2 Å². The lowest BCUT2D eigenvalue weighted by molar-refractivity contribution is -0.167. The smallest absolute Gasteiger partial charge is 0.306 e. The molecule has 440 valence electrons. The average molecular weight is 1050 g/mol. The average Bonchev–Trinajstić information content (AvgIpc) is 3.41. The van der Waals surface area contributed by atoms with Crippen LogP contribution in [-0.4, -0.2) is 37.2 Å². The predicted molar refractivity (Wildman–Crippen MR) is 326 cm³/mol. The molecule has 0 rings (SSSR count). The molecule has 0 amide bonds. The van der Waals surface area contributed by atoms with Gasteiger partial charge in [0, 0.05) is 19.3 Å². The molecule has 0 saturated heterocycles. The van der Waals surface area contributed by atoms with Crippen LogP contribution in [0.1, 0.15) is 367 Å². The van der Waals surface area contributed by atoms with Gasteiger partial charge in [-0.05, 0) is 77.0 Å². The van der Waals surface area contributed by atoms with Crippen LogP contribution in [0.5, 0.6) is 0 Å². The van der Waals surface area contributed by atoms with E-state index in [0.29, 0.717) is 19.3 Å². The van der Waals surface area contributed by atoms with E-state index in [1.165, 1.54) is 257 Å². The van der Waals surface area contributed by atoms with E-state index in [0.717, 1.165) is 70.6 Å². The number of rotatable bonds is 62. The minimum atomic E-state index is -0.774. The molecule has 0 fully saturated rings. The molecule has 0 aliphatic carbocycles. The Morgan fingerprint density at radius 1 is 0.267 bits per heavy atom. The van der Waals surface area contributed by atoms with Crippen molar-refractivity contribution in [1.82, 2.24) is 0 Å². The molecule has 0 aromatic rings. The molecule has 0 aromatic heterocycles. The van der Waals surface area contributed by atoms with E-state index in [-0.39, 0.29) is 31.1 Å². The van der Waals surface area contributed by atoms with Crippen LogP contribution in [0, 0.1) is 0 Å². The predicted octanol–water partition coefficient (Wildman–Crippen LogP) is 22.8. The van der Waals surface area contributed by atoms with Crippen molar-refractivity contribution in [3.8, 4) is 0 Å². The second kappa shape index (κ2) is 64.2. The van der Waals surface area contributed by atoms with Gasteiger partial charge in [0.2, 0.25) is 0 Å². The second-order valence-corrected chi connectivity index (χ2v) is 22.7. The summed E-state index contributed by atoms with van der Waals surface area (Å²) in [5.41, 5.74) is 0. The number of hydrogen-bond acceptors (Lipinski definition) is 6. The van der Waals surface area contributed by atoms with Crippen molar-refractivity contribution >= 4 is 17.9 Å². The van der Waals surface area contributed by atoms with Crippen LogP contribution in [0.25, 0.3) is 0 Å². The SMILES string of the molecule is CCCCCCC/C=C\C/C=C\CCCCCCCCCCCCCCCC(=O)OCC(COC(=O)CCCCCCCCCCCCCCCCCC)OC(=O)CCCCCCC/C=C\CCCCCCCCC. The van der Waals surface area contributed by atoms with Gasteiger partial charge in [0.25, 0.3) is 0 Å². The molecule has 0 aliphatic rings. The highest BCUT2D eigenvalue weighted by atomic mass is 16.6. The first-order valence-corrected chi connectivity index (χ1v) is 33.5. The molecule has 0 aliphatic heterocycles. The van der Waals surface area contributed by atoms with Crippen LogP contribution in [0.3, 0.4) is 0 Å². The molecule has 6 heteroatoms. The van der Waals surface area contributed by atoms with Crippen molar-refractivity contribution in [3.05, 3.63) is 36.5 Å². The molecule has 0 spiro atoms. The molecular weight excluding hydrogens is 925 g/mol. The summed E-state index contributed by atoms with van der Waals surface area (Å²) in [6.45, 7) is 6.69. The minimum Gasteiger partial charge on any atom is -0.462 e. The van der Waals surface area contributed by atoms with Crippen LogP contribution in [0.15, 0.2) is 36.5 Å². The van der Waals surface area contributed by atoms with Crippen LogP contribution in [-0.2, 0) is 28.6 Å². The van der Waals surface area contributed by atoms with Gasteiger partial charge < -0.3 is 14.2 Å².